The second-order valence-electron chi connectivity index (χ2n) is 4.30. The van der Waals surface area contributed by atoms with Crippen LogP contribution in [0.4, 0.5) is 5.82 Å². The van der Waals surface area contributed by atoms with Crippen LogP contribution in [0.5, 0.6) is 0 Å². The number of aromatic nitrogens is 4. The molecule has 0 aliphatic heterocycles. The highest BCUT2D eigenvalue weighted by Gasteiger charge is 2.05. The highest BCUT2D eigenvalue weighted by Crippen LogP contribution is 2.11. The molecule has 0 fully saturated rings. The molecule has 1 aromatic carbocycles. The molecule has 2 heterocycles. The second-order valence-corrected chi connectivity index (χ2v) is 4.30. The van der Waals surface area contributed by atoms with Crippen LogP contribution in [0, 0.1) is 11.3 Å². The van der Waals surface area contributed by atoms with Gasteiger partial charge in [-0.3, -0.25) is 0 Å². The summed E-state index contributed by atoms with van der Waals surface area (Å²) in [5.74, 6) is 1.48. The Hall–Kier alpha value is -3.20. The molecule has 0 saturated heterocycles. The van der Waals surface area contributed by atoms with E-state index in [-0.39, 0.29) is 0 Å². The van der Waals surface area contributed by atoms with Crippen LogP contribution in [-0.4, -0.2) is 19.5 Å². The van der Waals surface area contributed by atoms with Crippen molar-refractivity contribution in [3.8, 4) is 11.8 Å². The maximum Gasteiger partial charge on any atom is 0.158 e. The van der Waals surface area contributed by atoms with Gasteiger partial charge in [0.2, 0.25) is 0 Å². The third kappa shape index (κ3) is 2.87. The molecular weight excluding hydrogens is 264 g/mol. The largest absolute Gasteiger partial charge is 0.362 e. The highest BCUT2D eigenvalue weighted by molar-refractivity contribution is 5.36. The molecule has 0 saturated carbocycles. The summed E-state index contributed by atoms with van der Waals surface area (Å²) in [5.41, 5.74) is 1.35. The van der Waals surface area contributed by atoms with E-state index in [1.807, 2.05) is 47.2 Å². The van der Waals surface area contributed by atoms with Gasteiger partial charge in [0.25, 0.3) is 0 Å². The quantitative estimate of drug-likeness (QED) is 0.789. The number of hydrogen-bond donors (Lipinski definition) is 1. The molecule has 0 radical (unpaired) electrons. The van der Waals surface area contributed by atoms with Crippen molar-refractivity contribution >= 4 is 5.82 Å². The maximum atomic E-state index is 8.68. The lowest BCUT2D eigenvalue weighted by molar-refractivity contribution is 0.892. The van der Waals surface area contributed by atoms with Crippen LogP contribution in [0.3, 0.4) is 0 Å². The van der Waals surface area contributed by atoms with Gasteiger partial charge in [-0.05, 0) is 12.1 Å². The summed E-state index contributed by atoms with van der Waals surface area (Å²) < 4.78 is 2.00. The molecule has 0 aliphatic rings. The first kappa shape index (κ1) is 12.8. The molecule has 1 N–H and O–H groups in total. The summed E-state index contributed by atoms with van der Waals surface area (Å²) in [7, 11) is 0. The number of para-hydroxylation sites is 1. The number of benzene rings is 1. The minimum Gasteiger partial charge on any atom is -0.362 e. The molecule has 6 heteroatoms. The lowest BCUT2D eigenvalue weighted by Crippen LogP contribution is -2.08. The Labute approximate surface area is 121 Å². The van der Waals surface area contributed by atoms with Gasteiger partial charge in [-0.2, -0.15) is 5.26 Å². The molecule has 3 aromatic rings. The Morgan fingerprint density at radius 2 is 1.95 bits per heavy atom. The lowest BCUT2D eigenvalue weighted by Gasteiger charge is -2.09. The van der Waals surface area contributed by atoms with Crippen molar-refractivity contribution in [2.75, 3.05) is 5.32 Å². The van der Waals surface area contributed by atoms with Gasteiger partial charge in [0.05, 0.1) is 18.9 Å². The van der Waals surface area contributed by atoms with Crippen LogP contribution in [0.2, 0.25) is 0 Å². The number of rotatable bonds is 4. The zero-order valence-electron chi connectivity index (χ0n) is 11.1. The van der Waals surface area contributed by atoms with Gasteiger partial charge < -0.3 is 9.88 Å². The smallest absolute Gasteiger partial charge is 0.158 e. The average Bonchev–Trinajstić information content (AvgIpc) is 3.03. The molecule has 0 atom stereocenters. The molecule has 0 unspecified atom stereocenters. The Balaban J connectivity index is 1.74. The van der Waals surface area contributed by atoms with E-state index < -0.39 is 0 Å². The molecular formula is C15H12N6. The van der Waals surface area contributed by atoms with Crippen LogP contribution in [-0.2, 0) is 6.54 Å². The average molecular weight is 276 g/mol. The SMILES string of the molecule is N#Cc1cnc(NCc2nccn2-c2ccccc2)cn1. The summed E-state index contributed by atoms with van der Waals surface area (Å²) in [6, 6.07) is 11.9. The zero-order valence-corrected chi connectivity index (χ0v) is 11.1. The third-order valence-electron chi connectivity index (χ3n) is 2.95. The number of nitrogens with zero attached hydrogens (tertiary/aromatic N) is 5. The minimum absolute atomic E-state index is 0.298. The van der Waals surface area contributed by atoms with Gasteiger partial charge in [0.1, 0.15) is 17.7 Å². The van der Waals surface area contributed by atoms with Crippen molar-refractivity contribution in [1.29, 1.82) is 5.26 Å². The van der Waals surface area contributed by atoms with Crippen molar-refractivity contribution in [1.82, 2.24) is 19.5 Å². The van der Waals surface area contributed by atoms with E-state index >= 15 is 0 Å². The van der Waals surface area contributed by atoms with Crippen molar-refractivity contribution in [2.24, 2.45) is 0 Å². The van der Waals surface area contributed by atoms with Crippen LogP contribution in [0.25, 0.3) is 5.69 Å². The van der Waals surface area contributed by atoms with Crippen molar-refractivity contribution < 1.29 is 0 Å². The van der Waals surface area contributed by atoms with Gasteiger partial charge in [0, 0.05) is 18.1 Å². The Morgan fingerprint density at radius 1 is 1.10 bits per heavy atom. The van der Waals surface area contributed by atoms with Crippen LogP contribution < -0.4 is 5.32 Å². The third-order valence-corrected chi connectivity index (χ3v) is 2.95. The summed E-state index contributed by atoms with van der Waals surface area (Å²) in [6.07, 6.45) is 6.64. The van der Waals surface area contributed by atoms with E-state index in [1.54, 1.807) is 6.20 Å². The topological polar surface area (TPSA) is 79.4 Å². The van der Waals surface area contributed by atoms with Crippen LogP contribution in [0.1, 0.15) is 11.5 Å². The molecule has 0 amide bonds. The minimum atomic E-state index is 0.298. The molecule has 6 nitrogen and oxygen atoms in total. The first-order valence-corrected chi connectivity index (χ1v) is 6.40. The monoisotopic (exact) mass is 276 g/mol. The fourth-order valence-corrected chi connectivity index (χ4v) is 1.94. The van der Waals surface area contributed by atoms with Gasteiger partial charge >= 0.3 is 0 Å². The molecule has 102 valence electrons. The van der Waals surface area contributed by atoms with E-state index in [0.717, 1.165) is 11.5 Å². The van der Waals surface area contributed by atoms with Crippen molar-refractivity contribution in [2.45, 2.75) is 6.54 Å². The molecule has 3 rings (SSSR count). The molecule has 2 aromatic heterocycles. The van der Waals surface area contributed by atoms with E-state index in [4.69, 9.17) is 5.26 Å². The van der Waals surface area contributed by atoms with Crippen LogP contribution >= 0.6 is 0 Å². The fourth-order valence-electron chi connectivity index (χ4n) is 1.94. The van der Waals surface area contributed by atoms with Gasteiger partial charge in [-0.1, -0.05) is 18.2 Å². The number of anilines is 1. The van der Waals surface area contributed by atoms with Crippen molar-refractivity contribution in [3.05, 3.63) is 66.6 Å². The predicted octanol–water partition coefficient (Wildman–Crippen LogP) is 2.15. The Morgan fingerprint density at radius 3 is 2.67 bits per heavy atom. The van der Waals surface area contributed by atoms with E-state index in [1.165, 1.54) is 12.4 Å². The Bertz CT molecular complexity index is 755. The molecule has 0 aliphatic carbocycles. The van der Waals surface area contributed by atoms with E-state index in [2.05, 4.69) is 20.3 Å². The Kier molecular flexibility index (Phi) is 3.56. The number of nitrogens with one attached hydrogen (secondary N) is 1. The zero-order chi connectivity index (χ0) is 14.5. The first-order valence-electron chi connectivity index (χ1n) is 6.40. The highest BCUT2D eigenvalue weighted by atomic mass is 15.1. The van der Waals surface area contributed by atoms with Crippen LogP contribution in [0.15, 0.2) is 55.1 Å². The number of imidazole rings is 1. The lowest BCUT2D eigenvalue weighted by atomic mass is 10.3. The summed E-state index contributed by atoms with van der Waals surface area (Å²) in [6.45, 7) is 0.516. The summed E-state index contributed by atoms with van der Waals surface area (Å²) in [5, 5.41) is 11.8. The van der Waals surface area contributed by atoms with Gasteiger partial charge in [-0.15, -0.1) is 0 Å². The van der Waals surface area contributed by atoms with E-state index in [9.17, 15) is 0 Å². The van der Waals surface area contributed by atoms with Crippen molar-refractivity contribution in [3.63, 3.8) is 0 Å². The number of nitriles is 1. The fraction of sp³-hybridized carbons (Fsp3) is 0.0667. The molecule has 21 heavy (non-hydrogen) atoms. The normalized spacial score (nSPS) is 10.0. The van der Waals surface area contributed by atoms with E-state index in [0.29, 0.717) is 18.1 Å². The maximum absolute atomic E-state index is 8.68. The number of hydrogen-bond acceptors (Lipinski definition) is 5. The summed E-state index contributed by atoms with van der Waals surface area (Å²) >= 11 is 0. The van der Waals surface area contributed by atoms with Gasteiger partial charge in [-0.25, -0.2) is 15.0 Å². The predicted molar refractivity (Wildman–Crippen MR) is 77.6 cm³/mol. The van der Waals surface area contributed by atoms with Gasteiger partial charge in [0.15, 0.2) is 5.69 Å². The molecule has 0 bridgehead atoms. The molecule has 0 spiro atoms. The first-order chi connectivity index (χ1) is 10.4. The summed E-state index contributed by atoms with van der Waals surface area (Å²) in [4.78, 5) is 12.4. The standard InChI is InChI=1S/C15H12N6/c16-8-12-9-19-14(10-18-12)20-11-15-17-6-7-21(15)13-4-2-1-3-5-13/h1-7,9-10H,11H2,(H,19,20). The second kappa shape index (κ2) is 5.84.